The van der Waals surface area contributed by atoms with Crippen molar-refractivity contribution in [3.8, 4) is 33.9 Å². The first-order chi connectivity index (χ1) is 16.7. The van der Waals surface area contributed by atoms with Gasteiger partial charge in [-0.25, -0.2) is 0 Å². The highest BCUT2D eigenvalue weighted by Crippen LogP contribution is 2.49. The van der Waals surface area contributed by atoms with Gasteiger partial charge in [-0.3, -0.25) is 9.78 Å². The fourth-order valence-corrected chi connectivity index (χ4v) is 5.78. The van der Waals surface area contributed by atoms with Gasteiger partial charge in [0.05, 0.1) is 17.8 Å². The Hall–Kier alpha value is -3.60. The molecular weight excluding hydrogens is 424 g/mol. The number of hydrogen-bond acceptors (Lipinski definition) is 4. The van der Waals surface area contributed by atoms with Gasteiger partial charge in [0.25, 0.3) is 0 Å². The topological polar surface area (TPSA) is 53.4 Å². The predicted molar refractivity (Wildman–Crippen MR) is 133 cm³/mol. The van der Waals surface area contributed by atoms with Crippen LogP contribution in [-0.2, 0) is 11.3 Å². The predicted octanol–water partition coefficient (Wildman–Crippen LogP) is 6.74. The minimum absolute atomic E-state index is 0.302. The highest BCUT2D eigenvalue weighted by Gasteiger charge is 2.30. The monoisotopic (exact) mass is 452 g/mol. The Bertz CT molecular complexity index is 1370. The molecule has 1 fully saturated rings. The van der Waals surface area contributed by atoms with E-state index >= 15 is 0 Å². The van der Waals surface area contributed by atoms with Crippen LogP contribution in [0.2, 0.25) is 0 Å². The number of rotatable bonds is 3. The summed E-state index contributed by atoms with van der Waals surface area (Å²) in [5, 5.41) is 1.26. The SMILES string of the molecule is CC(=O)Oc1ccc2c(C3CCCCC3)c3n(c2c1)CCOc1c(-c2cccnc2)cccc1-3. The molecule has 6 rings (SSSR count). The van der Waals surface area contributed by atoms with E-state index < -0.39 is 0 Å². The lowest BCUT2D eigenvalue weighted by Gasteiger charge is -2.24. The summed E-state index contributed by atoms with van der Waals surface area (Å²) < 4.78 is 14.3. The number of pyridine rings is 1. The minimum Gasteiger partial charge on any atom is -0.490 e. The Balaban J connectivity index is 1.62. The Labute approximate surface area is 199 Å². The van der Waals surface area contributed by atoms with Crippen molar-refractivity contribution in [2.24, 2.45) is 0 Å². The fourth-order valence-electron chi connectivity index (χ4n) is 5.78. The van der Waals surface area contributed by atoms with E-state index in [0.717, 1.165) is 34.5 Å². The van der Waals surface area contributed by atoms with Crippen molar-refractivity contribution in [3.63, 3.8) is 0 Å². The van der Waals surface area contributed by atoms with Gasteiger partial charge >= 0.3 is 5.97 Å². The van der Waals surface area contributed by atoms with Gasteiger partial charge in [-0.15, -0.1) is 0 Å². The average Bonchev–Trinajstić information content (AvgIpc) is 3.05. The summed E-state index contributed by atoms with van der Waals surface area (Å²) in [5.41, 5.74) is 7.03. The number of para-hydroxylation sites is 1. The molecule has 0 unspecified atom stereocenters. The first kappa shape index (κ1) is 21.0. The molecule has 2 aromatic carbocycles. The van der Waals surface area contributed by atoms with Crippen molar-refractivity contribution < 1.29 is 14.3 Å². The summed E-state index contributed by atoms with van der Waals surface area (Å²) in [6.45, 7) is 2.76. The number of carbonyl (C=O) groups is 1. The summed E-state index contributed by atoms with van der Waals surface area (Å²) in [4.78, 5) is 16.0. The second kappa shape index (κ2) is 8.64. The second-order valence-corrected chi connectivity index (χ2v) is 9.29. The van der Waals surface area contributed by atoms with Gasteiger partial charge in [0.15, 0.2) is 0 Å². The lowest BCUT2D eigenvalue weighted by molar-refractivity contribution is -0.131. The van der Waals surface area contributed by atoms with Gasteiger partial charge in [-0.05, 0) is 48.6 Å². The van der Waals surface area contributed by atoms with E-state index in [9.17, 15) is 4.79 Å². The molecule has 5 heteroatoms. The standard InChI is InChI=1S/C29H28N2O3/c1-19(32)34-22-12-13-24-26(17-22)31-15-16-33-29-23(21-9-6-14-30-18-21)10-5-11-25(29)28(31)27(24)20-7-3-2-4-8-20/h5-6,9-14,17-18,20H,2-4,7-8,15-16H2,1H3. The summed E-state index contributed by atoms with van der Waals surface area (Å²) in [6.07, 6.45) is 9.94. The van der Waals surface area contributed by atoms with E-state index in [2.05, 4.69) is 39.9 Å². The zero-order valence-electron chi connectivity index (χ0n) is 19.4. The molecule has 0 spiro atoms. The van der Waals surface area contributed by atoms with Crippen LogP contribution in [0.25, 0.3) is 33.3 Å². The van der Waals surface area contributed by atoms with E-state index in [1.54, 1.807) is 6.20 Å². The highest BCUT2D eigenvalue weighted by atomic mass is 16.5. The van der Waals surface area contributed by atoms with Gasteiger partial charge in [0.1, 0.15) is 18.1 Å². The molecule has 4 aromatic rings. The van der Waals surface area contributed by atoms with Crippen molar-refractivity contribution in [1.82, 2.24) is 9.55 Å². The first-order valence-corrected chi connectivity index (χ1v) is 12.2. The highest BCUT2D eigenvalue weighted by molar-refractivity contribution is 5.96. The molecule has 1 saturated carbocycles. The zero-order valence-corrected chi connectivity index (χ0v) is 19.4. The van der Waals surface area contributed by atoms with E-state index in [1.807, 2.05) is 24.4 Å². The third kappa shape index (κ3) is 3.56. The van der Waals surface area contributed by atoms with Crippen molar-refractivity contribution in [3.05, 3.63) is 66.5 Å². The third-order valence-electron chi connectivity index (χ3n) is 7.15. The molecule has 1 aliphatic carbocycles. The van der Waals surface area contributed by atoms with Crippen molar-refractivity contribution in [1.29, 1.82) is 0 Å². The van der Waals surface area contributed by atoms with E-state index in [-0.39, 0.29) is 5.97 Å². The van der Waals surface area contributed by atoms with Crippen LogP contribution in [0.4, 0.5) is 0 Å². The Morgan fingerprint density at radius 3 is 2.71 bits per heavy atom. The summed E-state index contributed by atoms with van der Waals surface area (Å²) >= 11 is 0. The Morgan fingerprint density at radius 1 is 1.06 bits per heavy atom. The quantitative estimate of drug-likeness (QED) is 0.255. The third-order valence-corrected chi connectivity index (χ3v) is 7.15. The molecule has 172 valence electrons. The van der Waals surface area contributed by atoms with Crippen LogP contribution >= 0.6 is 0 Å². The number of carbonyl (C=O) groups excluding carboxylic acids is 1. The van der Waals surface area contributed by atoms with Crippen molar-refractivity contribution in [2.45, 2.75) is 51.5 Å². The molecule has 2 aromatic heterocycles. The number of hydrogen-bond donors (Lipinski definition) is 0. The molecule has 0 radical (unpaired) electrons. The average molecular weight is 453 g/mol. The number of ether oxygens (including phenoxy) is 2. The molecule has 0 bridgehead atoms. The lowest BCUT2D eigenvalue weighted by atomic mass is 9.81. The van der Waals surface area contributed by atoms with E-state index in [0.29, 0.717) is 18.3 Å². The van der Waals surface area contributed by atoms with Gasteiger partial charge < -0.3 is 14.0 Å². The fraction of sp³-hybridized carbons (Fsp3) is 0.310. The maximum Gasteiger partial charge on any atom is 0.308 e. The van der Waals surface area contributed by atoms with Gasteiger partial charge in [0, 0.05) is 47.5 Å². The molecule has 3 heterocycles. The maximum absolute atomic E-state index is 11.6. The van der Waals surface area contributed by atoms with E-state index in [1.165, 1.54) is 55.7 Å². The van der Waals surface area contributed by atoms with Crippen LogP contribution in [0.15, 0.2) is 60.9 Å². The molecular formula is C29H28N2O3. The molecule has 34 heavy (non-hydrogen) atoms. The summed E-state index contributed by atoms with van der Waals surface area (Å²) in [5.74, 6) is 1.73. The Morgan fingerprint density at radius 2 is 1.91 bits per heavy atom. The minimum atomic E-state index is -0.302. The molecule has 0 N–H and O–H groups in total. The number of benzene rings is 2. The Kier molecular flexibility index (Phi) is 5.33. The number of fused-ring (bicyclic) bond motifs is 5. The van der Waals surface area contributed by atoms with Crippen LogP contribution in [-0.4, -0.2) is 22.1 Å². The van der Waals surface area contributed by atoms with Crippen LogP contribution in [0.5, 0.6) is 11.5 Å². The second-order valence-electron chi connectivity index (χ2n) is 9.29. The van der Waals surface area contributed by atoms with Crippen molar-refractivity contribution >= 4 is 16.9 Å². The normalized spacial score (nSPS) is 15.8. The number of esters is 1. The van der Waals surface area contributed by atoms with E-state index in [4.69, 9.17) is 9.47 Å². The zero-order chi connectivity index (χ0) is 23.1. The molecule has 0 amide bonds. The molecule has 1 aliphatic heterocycles. The van der Waals surface area contributed by atoms with Crippen LogP contribution in [0.3, 0.4) is 0 Å². The van der Waals surface area contributed by atoms with Gasteiger partial charge in [-0.2, -0.15) is 0 Å². The number of nitrogens with zero attached hydrogens (tertiary/aromatic N) is 2. The molecule has 0 atom stereocenters. The largest absolute Gasteiger partial charge is 0.490 e. The summed E-state index contributed by atoms with van der Waals surface area (Å²) in [6, 6.07) is 16.6. The smallest absolute Gasteiger partial charge is 0.308 e. The van der Waals surface area contributed by atoms with Crippen LogP contribution in [0, 0.1) is 0 Å². The molecule has 2 aliphatic rings. The maximum atomic E-state index is 11.6. The van der Waals surface area contributed by atoms with Gasteiger partial charge in [0.2, 0.25) is 0 Å². The summed E-state index contributed by atoms with van der Waals surface area (Å²) in [7, 11) is 0. The molecule has 5 nitrogen and oxygen atoms in total. The van der Waals surface area contributed by atoms with Crippen LogP contribution < -0.4 is 9.47 Å². The van der Waals surface area contributed by atoms with Crippen molar-refractivity contribution in [2.75, 3.05) is 6.61 Å². The van der Waals surface area contributed by atoms with Crippen LogP contribution in [0.1, 0.15) is 50.5 Å². The number of aromatic nitrogens is 2. The lowest BCUT2D eigenvalue weighted by Crippen LogP contribution is -2.07. The molecule has 0 saturated heterocycles. The van der Waals surface area contributed by atoms with Gasteiger partial charge in [-0.1, -0.05) is 37.5 Å². The first-order valence-electron chi connectivity index (χ1n) is 12.2.